The highest BCUT2D eigenvalue weighted by Crippen LogP contribution is 2.15. The van der Waals surface area contributed by atoms with Gasteiger partial charge in [-0.05, 0) is 23.8 Å². The van der Waals surface area contributed by atoms with Gasteiger partial charge in [-0.25, -0.2) is 4.68 Å². The molecule has 0 bridgehead atoms. The van der Waals surface area contributed by atoms with E-state index < -0.39 is 0 Å². The summed E-state index contributed by atoms with van der Waals surface area (Å²) >= 11 is 6.06. The van der Waals surface area contributed by atoms with E-state index in [1.807, 2.05) is 54.7 Å². The minimum atomic E-state index is -0.0643. The number of rotatable bonds is 5. The molecule has 3 rings (SSSR count). The first-order valence-electron chi connectivity index (χ1n) is 7.31. The summed E-state index contributed by atoms with van der Waals surface area (Å²) in [5.41, 5.74) is 2.76. The largest absolute Gasteiger partial charge is 0.352 e. The standard InChI is InChI=1S/C18H16ClN3O/c19-17-9-5-4-6-15(17)10-18(23)20-11-14-12-21-22(13-14)16-7-2-1-3-8-16/h1-9,12-13H,10-11H2,(H,20,23). The van der Waals surface area contributed by atoms with E-state index in [1.165, 1.54) is 0 Å². The topological polar surface area (TPSA) is 46.9 Å². The normalized spacial score (nSPS) is 10.5. The van der Waals surface area contributed by atoms with Crippen molar-refractivity contribution in [1.29, 1.82) is 0 Å². The van der Waals surface area contributed by atoms with Gasteiger partial charge >= 0.3 is 0 Å². The lowest BCUT2D eigenvalue weighted by Gasteiger charge is -2.05. The van der Waals surface area contributed by atoms with Crippen LogP contribution in [0.3, 0.4) is 0 Å². The predicted octanol–water partition coefficient (Wildman–Crippen LogP) is 3.38. The molecule has 116 valence electrons. The summed E-state index contributed by atoms with van der Waals surface area (Å²) in [6.45, 7) is 0.441. The van der Waals surface area contributed by atoms with Crippen LogP contribution in [0.5, 0.6) is 0 Å². The van der Waals surface area contributed by atoms with E-state index in [1.54, 1.807) is 16.9 Å². The van der Waals surface area contributed by atoms with E-state index in [4.69, 9.17) is 11.6 Å². The molecule has 0 aliphatic rings. The van der Waals surface area contributed by atoms with Crippen molar-refractivity contribution in [3.63, 3.8) is 0 Å². The Morgan fingerprint density at radius 2 is 1.83 bits per heavy atom. The maximum Gasteiger partial charge on any atom is 0.224 e. The highest BCUT2D eigenvalue weighted by molar-refractivity contribution is 6.31. The van der Waals surface area contributed by atoms with Crippen LogP contribution in [0.25, 0.3) is 5.69 Å². The van der Waals surface area contributed by atoms with Gasteiger partial charge in [-0.2, -0.15) is 5.10 Å². The van der Waals surface area contributed by atoms with Crippen LogP contribution in [0, 0.1) is 0 Å². The number of hydrogen-bond donors (Lipinski definition) is 1. The van der Waals surface area contributed by atoms with E-state index in [9.17, 15) is 4.79 Å². The second-order valence-electron chi connectivity index (χ2n) is 5.17. The first-order valence-corrected chi connectivity index (χ1v) is 7.69. The van der Waals surface area contributed by atoms with Crippen molar-refractivity contribution in [3.05, 3.63) is 83.1 Å². The number of hydrogen-bond acceptors (Lipinski definition) is 2. The molecule has 5 heteroatoms. The Hall–Kier alpha value is -2.59. The molecule has 23 heavy (non-hydrogen) atoms. The quantitative estimate of drug-likeness (QED) is 0.781. The summed E-state index contributed by atoms with van der Waals surface area (Å²) in [7, 11) is 0. The van der Waals surface area contributed by atoms with E-state index in [-0.39, 0.29) is 12.3 Å². The van der Waals surface area contributed by atoms with Gasteiger partial charge in [0, 0.05) is 23.3 Å². The fourth-order valence-electron chi connectivity index (χ4n) is 2.25. The number of carbonyl (C=O) groups is 1. The molecule has 0 atom stereocenters. The summed E-state index contributed by atoms with van der Waals surface area (Å²) in [6.07, 6.45) is 3.93. The molecule has 3 aromatic rings. The van der Waals surface area contributed by atoms with Crippen molar-refractivity contribution < 1.29 is 4.79 Å². The van der Waals surface area contributed by atoms with Crippen LogP contribution in [0.1, 0.15) is 11.1 Å². The third-order valence-electron chi connectivity index (χ3n) is 3.46. The zero-order valence-electron chi connectivity index (χ0n) is 12.4. The van der Waals surface area contributed by atoms with Crippen LogP contribution in [0.15, 0.2) is 67.0 Å². The van der Waals surface area contributed by atoms with Gasteiger partial charge in [0.15, 0.2) is 0 Å². The molecule has 0 unspecified atom stereocenters. The van der Waals surface area contributed by atoms with E-state index in [2.05, 4.69) is 10.4 Å². The van der Waals surface area contributed by atoms with E-state index >= 15 is 0 Å². The molecule has 0 spiro atoms. The van der Waals surface area contributed by atoms with Gasteiger partial charge in [0.1, 0.15) is 0 Å². The highest BCUT2D eigenvalue weighted by atomic mass is 35.5. The average molecular weight is 326 g/mol. The highest BCUT2D eigenvalue weighted by Gasteiger charge is 2.07. The van der Waals surface area contributed by atoms with Crippen LogP contribution < -0.4 is 5.32 Å². The molecule has 1 N–H and O–H groups in total. The molecule has 1 aromatic heterocycles. The summed E-state index contributed by atoms with van der Waals surface area (Å²) in [5.74, 6) is -0.0643. The molecule has 0 fully saturated rings. The smallest absolute Gasteiger partial charge is 0.224 e. The lowest BCUT2D eigenvalue weighted by Crippen LogP contribution is -2.24. The first-order chi connectivity index (χ1) is 11.2. The number of amides is 1. The molecule has 2 aromatic carbocycles. The number of carbonyl (C=O) groups excluding carboxylic acids is 1. The van der Waals surface area contributed by atoms with Crippen molar-refractivity contribution >= 4 is 17.5 Å². The molecule has 1 amide bonds. The fraction of sp³-hybridized carbons (Fsp3) is 0.111. The fourth-order valence-corrected chi connectivity index (χ4v) is 2.45. The number of nitrogens with zero attached hydrogens (tertiary/aromatic N) is 2. The molecule has 0 saturated heterocycles. The van der Waals surface area contributed by atoms with Gasteiger partial charge in [-0.15, -0.1) is 0 Å². The number of para-hydroxylation sites is 1. The van der Waals surface area contributed by atoms with Gasteiger partial charge in [0.25, 0.3) is 0 Å². The van der Waals surface area contributed by atoms with E-state index in [0.717, 1.165) is 16.8 Å². The van der Waals surface area contributed by atoms with Crippen LogP contribution in [0.2, 0.25) is 5.02 Å². The monoisotopic (exact) mass is 325 g/mol. The summed E-state index contributed by atoms with van der Waals surface area (Å²) in [4.78, 5) is 12.0. The summed E-state index contributed by atoms with van der Waals surface area (Å²) < 4.78 is 1.79. The molecular weight excluding hydrogens is 310 g/mol. The maximum absolute atomic E-state index is 12.0. The zero-order chi connectivity index (χ0) is 16.1. The van der Waals surface area contributed by atoms with Gasteiger partial charge < -0.3 is 5.32 Å². The summed E-state index contributed by atoms with van der Waals surface area (Å²) in [5, 5.41) is 7.81. The van der Waals surface area contributed by atoms with Gasteiger partial charge in [0.2, 0.25) is 5.91 Å². The number of benzene rings is 2. The van der Waals surface area contributed by atoms with Crippen molar-refractivity contribution in [1.82, 2.24) is 15.1 Å². The third kappa shape index (κ3) is 3.99. The third-order valence-corrected chi connectivity index (χ3v) is 3.82. The van der Waals surface area contributed by atoms with Gasteiger partial charge in [-0.1, -0.05) is 48.0 Å². The van der Waals surface area contributed by atoms with Crippen molar-refractivity contribution in [2.24, 2.45) is 0 Å². The number of halogens is 1. The van der Waals surface area contributed by atoms with Crippen LogP contribution in [-0.2, 0) is 17.8 Å². The molecule has 0 aliphatic heterocycles. The number of nitrogens with one attached hydrogen (secondary N) is 1. The first kappa shape index (κ1) is 15.3. The second kappa shape index (κ2) is 7.11. The van der Waals surface area contributed by atoms with E-state index in [0.29, 0.717) is 11.6 Å². The average Bonchev–Trinajstić information content (AvgIpc) is 3.05. The Balaban J connectivity index is 1.58. The Morgan fingerprint density at radius 3 is 2.61 bits per heavy atom. The van der Waals surface area contributed by atoms with Crippen LogP contribution in [-0.4, -0.2) is 15.7 Å². The lowest BCUT2D eigenvalue weighted by atomic mass is 10.1. The van der Waals surface area contributed by atoms with Crippen LogP contribution >= 0.6 is 11.6 Å². The molecule has 0 radical (unpaired) electrons. The minimum Gasteiger partial charge on any atom is -0.352 e. The molecule has 1 heterocycles. The number of aromatic nitrogens is 2. The maximum atomic E-state index is 12.0. The van der Waals surface area contributed by atoms with Crippen LogP contribution in [0.4, 0.5) is 0 Å². The Labute approximate surface area is 139 Å². The predicted molar refractivity (Wildman–Crippen MR) is 90.6 cm³/mol. The Bertz CT molecular complexity index is 799. The molecule has 4 nitrogen and oxygen atoms in total. The SMILES string of the molecule is O=C(Cc1ccccc1Cl)NCc1cnn(-c2ccccc2)c1. The zero-order valence-corrected chi connectivity index (χ0v) is 13.2. The summed E-state index contributed by atoms with van der Waals surface area (Å²) in [6, 6.07) is 17.2. The van der Waals surface area contributed by atoms with Crippen molar-refractivity contribution in [3.8, 4) is 5.69 Å². The van der Waals surface area contributed by atoms with Crippen molar-refractivity contribution in [2.75, 3.05) is 0 Å². The molecule has 0 saturated carbocycles. The second-order valence-corrected chi connectivity index (χ2v) is 5.58. The van der Waals surface area contributed by atoms with Gasteiger partial charge in [-0.3, -0.25) is 4.79 Å². The molecular formula is C18H16ClN3O. The van der Waals surface area contributed by atoms with Crippen molar-refractivity contribution in [2.45, 2.75) is 13.0 Å². The Morgan fingerprint density at radius 1 is 1.09 bits per heavy atom. The lowest BCUT2D eigenvalue weighted by molar-refractivity contribution is -0.120. The minimum absolute atomic E-state index is 0.0643. The van der Waals surface area contributed by atoms with Gasteiger partial charge in [0.05, 0.1) is 18.3 Å². The molecule has 0 aliphatic carbocycles. The Kier molecular flexibility index (Phi) is 4.74.